The third kappa shape index (κ3) is 4.81. The molecule has 116 valence electrons. The Bertz CT molecular complexity index is 439. The Balaban J connectivity index is 2.00. The number of aromatic nitrogens is 1. The van der Waals surface area contributed by atoms with Crippen LogP contribution in [0.5, 0.6) is 0 Å². The van der Waals surface area contributed by atoms with Gasteiger partial charge >= 0.3 is 5.97 Å². The van der Waals surface area contributed by atoms with E-state index < -0.39 is 0 Å². The molecule has 1 fully saturated rings. The second-order valence-electron chi connectivity index (χ2n) is 5.97. The van der Waals surface area contributed by atoms with Crippen molar-refractivity contribution in [3.63, 3.8) is 0 Å². The van der Waals surface area contributed by atoms with E-state index >= 15 is 0 Å². The summed E-state index contributed by atoms with van der Waals surface area (Å²) in [7, 11) is 0. The van der Waals surface area contributed by atoms with Crippen molar-refractivity contribution in [3.8, 4) is 0 Å². The number of carbonyl (C=O) groups is 1. The third-order valence-electron chi connectivity index (χ3n) is 4.18. The first-order valence-electron chi connectivity index (χ1n) is 7.95. The van der Waals surface area contributed by atoms with Gasteiger partial charge in [0.1, 0.15) is 5.60 Å². The molecule has 21 heavy (non-hydrogen) atoms. The van der Waals surface area contributed by atoms with E-state index in [-0.39, 0.29) is 11.6 Å². The van der Waals surface area contributed by atoms with Crippen molar-refractivity contribution in [1.82, 2.24) is 9.88 Å². The fourth-order valence-electron chi connectivity index (χ4n) is 3.02. The van der Waals surface area contributed by atoms with Gasteiger partial charge < -0.3 is 9.64 Å². The Kier molecular flexibility index (Phi) is 5.74. The lowest BCUT2D eigenvalue weighted by atomic mass is 9.86. The van der Waals surface area contributed by atoms with Gasteiger partial charge in [0.05, 0.1) is 0 Å². The molecule has 1 saturated heterocycles. The molecule has 2 heterocycles. The van der Waals surface area contributed by atoms with Gasteiger partial charge in [0.2, 0.25) is 0 Å². The molecule has 0 aliphatic carbocycles. The number of likely N-dealkylation sites (tertiary alicyclic amines) is 1. The quantitative estimate of drug-likeness (QED) is 0.756. The average Bonchev–Trinajstić information content (AvgIpc) is 2.47. The zero-order valence-electron chi connectivity index (χ0n) is 13.2. The Morgan fingerprint density at radius 1 is 1.38 bits per heavy atom. The van der Waals surface area contributed by atoms with Crippen molar-refractivity contribution in [1.29, 1.82) is 0 Å². The van der Waals surface area contributed by atoms with Gasteiger partial charge in [0.25, 0.3) is 0 Å². The van der Waals surface area contributed by atoms with Gasteiger partial charge in [0.15, 0.2) is 0 Å². The van der Waals surface area contributed by atoms with Gasteiger partial charge in [-0.25, -0.2) is 0 Å². The summed E-state index contributed by atoms with van der Waals surface area (Å²) in [5, 5.41) is 0. The molecule has 0 amide bonds. The van der Waals surface area contributed by atoms with Crippen molar-refractivity contribution >= 4 is 5.97 Å². The number of rotatable bonds is 6. The lowest BCUT2D eigenvalue weighted by Crippen LogP contribution is -2.48. The summed E-state index contributed by atoms with van der Waals surface area (Å²) >= 11 is 0. The number of hydrogen-bond acceptors (Lipinski definition) is 4. The molecule has 1 aromatic heterocycles. The Morgan fingerprint density at radius 2 is 2.14 bits per heavy atom. The van der Waals surface area contributed by atoms with Crippen LogP contribution in [0.15, 0.2) is 24.4 Å². The van der Waals surface area contributed by atoms with Crippen molar-refractivity contribution in [2.45, 2.75) is 51.6 Å². The van der Waals surface area contributed by atoms with E-state index in [9.17, 15) is 4.79 Å². The molecule has 1 aliphatic heterocycles. The van der Waals surface area contributed by atoms with E-state index in [4.69, 9.17) is 4.74 Å². The predicted octanol–water partition coefficient (Wildman–Crippen LogP) is 2.82. The third-order valence-corrected chi connectivity index (χ3v) is 4.18. The van der Waals surface area contributed by atoms with E-state index in [2.05, 4.69) is 16.8 Å². The van der Waals surface area contributed by atoms with Crippen LogP contribution in [-0.2, 0) is 16.0 Å². The molecule has 4 nitrogen and oxygen atoms in total. The number of pyridine rings is 1. The summed E-state index contributed by atoms with van der Waals surface area (Å²) in [6.45, 7) is 6.87. The molecule has 0 radical (unpaired) electrons. The molecule has 4 heteroatoms. The minimum absolute atomic E-state index is 0.187. The summed E-state index contributed by atoms with van der Waals surface area (Å²) in [5.41, 5.74) is 0.629. The zero-order chi connectivity index (χ0) is 15.1. The number of piperidine rings is 1. The second-order valence-corrected chi connectivity index (χ2v) is 5.97. The first-order valence-corrected chi connectivity index (χ1v) is 7.95. The van der Waals surface area contributed by atoms with Crippen molar-refractivity contribution in [3.05, 3.63) is 30.1 Å². The highest BCUT2D eigenvalue weighted by atomic mass is 16.6. The molecule has 0 unspecified atom stereocenters. The van der Waals surface area contributed by atoms with E-state index in [0.29, 0.717) is 0 Å². The average molecular weight is 290 g/mol. The standard InChI is InChI=1S/C17H26N2O2/c1-3-4-11-19-12-8-17(9-13-19,21-15(2)20)14-16-7-5-6-10-18-16/h5-7,10H,3-4,8-9,11-14H2,1-2H3. The maximum absolute atomic E-state index is 11.5. The van der Waals surface area contributed by atoms with Gasteiger partial charge in [-0.15, -0.1) is 0 Å². The van der Waals surface area contributed by atoms with E-state index in [1.54, 1.807) is 6.20 Å². The van der Waals surface area contributed by atoms with Crippen molar-refractivity contribution < 1.29 is 9.53 Å². The fraction of sp³-hybridized carbons (Fsp3) is 0.647. The number of ether oxygens (including phenoxy) is 1. The maximum atomic E-state index is 11.5. The highest BCUT2D eigenvalue weighted by Gasteiger charge is 2.37. The van der Waals surface area contributed by atoms with E-state index in [0.717, 1.165) is 44.6 Å². The molecular weight excluding hydrogens is 264 g/mol. The molecule has 0 saturated carbocycles. The van der Waals surface area contributed by atoms with E-state index in [1.807, 2.05) is 18.2 Å². The van der Waals surface area contributed by atoms with Gasteiger partial charge in [-0.05, 0) is 25.1 Å². The van der Waals surface area contributed by atoms with Crippen LogP contribution < -0.4 is 0 Å². The Labute approximate surface area is 127 Å². The van der Waals surface area contributed by atoms with Gasteiger partial charge in [-0.3, -0.25) is 9.78 Å². The molecule has 0 N–H and O–H groups in total. The largest absolute Gasteiger partial charge is 0.459 e. The molecule has 0 aromatic carbocycles. The molecule has 1 aliphatic rings. The van der Waals surface area contributed by atoms with Crippen LogP contribution >= 0.6 is 0 Å². The smallest absolute Gasteiger partial charge is 0.303 e. The Morgan fingerprint density at radius 3 is 2.71 bits per heavy atom. The first-order chi connectivity index (χ1) is 10.1. The highest BCUT2D eigenvalue weighted by Crippen LogP contribution is 2.30. The van der Waals surface area contributed by atoms with Crippen molar-refractivity contribution in [2.75, 3.05) is 19.6 Å². The molecule has 0 spiro atoms. The van der Waals surface area contributed by atoms with Crippen LogP contribution in [0.2, 0.25) is 0 Å². The van der Waals surface area contributed by atoms with Gasteiger partial charge in [0, 0.05) is 51.2 Å². The molecular formula is C17H26N2O2. The number of carbonyl (C=O) groups excluding carboxylic acids is 1. The SMILES string of the molecule is CCCCN1CCC(Cc2ccccn2)(OC(C)=O)CC1. The molecule has 2 rings (SSSR count). The summed E-state index contributed by atoms with van der Waals surface area (Å²) in [4.78, 5) is 18.4. The van der Waals surface area contributed by atoms with Crippen LogP contribution in [0.25, 0.3) is 0 Å². The van der Waals surface area contributed by atoms with Crippen LogP contribution in [-0.4, -0.2) is 41.1 Å². The van der Waals surface area contributed by atoms with Crippen LogP contribution in [0.3, 0.4) is 0 Å². The minimum Gasteiger partial charge on any atom is -0.459 e. The summed E-state index contributed by atoms with van der Waals surface area (Å²) in [5.74, 6) is -0.187. The second kappa shape index (κ2) is 7.55. The summed E-state index contributed by atoms with van der Waals surface area (Å²) in [6.07, 6.45) is 6.77. The lowest BCUT2D eigenvalue weighted by Gasteiger charge is -2.41. The summed E-state index contributed by atoms with van der Waals surface area (Å²) < 4.78 is 5.73. The monoisotopic (exact) mass is 290 g/mol. The number of esters is 1. The Hall–Kier alpha value is -1.42. The fourth-order valence-corrected chi connectivity index (χ4v) is 3.02. The number of hydrogen-bond donors (Lipinski definition) is 0. The number of unbranched alkanes of at least 4 members (excludes halogenated alkanes) is 1. The van der Waals surface area contributed by atoms with Crippen LogP contribution in [0.1, 0.15) is 45.2 Å². The first kappa shape index (κ1) is 16.0. The molecule has 1 aromatic rings. The highest BCUT2D eigenvalue weighted by molar-refractivity contribution is 5.66. The molecule has 0 bridgehead atoms. The van der Waals surface area contributed by atoms with E-state index in [1.165, 1.54) is 19.8 Å². The lowest BCUT2D eigenvalue weighted by molar-refractivity contribution is -0.162. The van der Waals surface area contributed by atoms with Gasteiger partial charge in [-0.1, -0.05) is 19.4 Å². The minimum atomic E-state index is -0.372. The molecule has 0 atom stereocenters. The maximum Gasteiger partial charge on any atom is 0.303 e. The predicted molar refractivity (Wildman–Crippen MR) is 83.0 cm³/mol. The zero-order valence-corrected chi connectivity index (χ0v) is 13.2. The number of nitrogens with zero attached hydrogens (tertiary/aromatic N) is 2. The van der Waals surface area contributed by atoms with Gasteiger partial charge in [-0.2, -0.15) is 0 Å². The van der Waals surface area contributed by atoms with Crippen molar-refractivity contribution in [2.24, 2.45) is 0 Å². The topological polar surface area (TPSA) is 42.4 Å². The normalized spacial score (nSPS) is 18.4. The van der Waals surface area contributed by atoms with Crippen LogP contribution in [0, 0.1) is 0 Å². The van der Waals surface area contributed by atoms with Crippen LogP contribution in [0.4, 0.5) is 0 Å². The summed E-state index contributed by atoms with van der Waals surface area (Å²) in [6, 6.07) is 5.91.